The van der Waals surface area contributed by atoms with Crippen molar-refractivity contribution in [2.24, 2.45) is 0 Å². The zero-order valence-corrected chi connectivity index (χ0v) is 16.5. The van der Waals surface area contributed by atoms with Crippen LogP contribution < -0.4 is 19.5 Å². The van der Waals surface area contributed by atoms with E-state index in [0.29, 0.717) is 22.3 Å². The molecule has 1 atom stereocenters. The second kappa shape index (κ2) is 8.97. The number of hydrogen-bond donors (Lipinski definition) is 1. The van der Waals surface area contributed by atoms with Gasteiger partial charge in [-0.25, -0.2) is 0 Å². The smallest absolute Gasteiger partial charge is 0.258 e. The summed E-state index contributed by atoms with van der Waals surface area (Å²) in [6.45, 7) is 1.72. The van der Waals surface area contributed by atoms with Crippen LogP contribution in [-0.2, 0) is 4.79 Å². The van der Waals surface area contributed by atoms with E-state index in [-0.39, 0.29) is 18.6 Å². The second-order valence-corrected chi connectivity index (χ2v) is 6.58. The Morgan fingerprint density at radius 2 is 1.88 bits per heavy atom. The molecule has 5 nitrogen and oxygen atoms in total. The monoisotopic (exact) mass is 427 g/mol. The van der Waals surface area contributed by atoms with E-state index in [1.54, 1.807) is 44.6 Å². The Bertz CT molecular complexity index is 754. The first-order chi connectivity index (χ1) is 11.9. The van der Waals surface area contributed by atoms with Crippen molar-refractivity contribution in [2.75, 3.05) is 20.8 Å². The van der Waals surface area contributed by atoms with Crippen LogP contribution in [0.25, 0.3) is 0 Å². The van der Waals surface area contributed by atoms with Crippen LogP contribution in [0.3, 0.4) is 0 Å². The van der Waals surface area contributed by atoms with Gasteiger partial charge in [-0.2, -0.15) is 0 Å². The molecule has 0 aliphatic rings. The van der Waals surface area contributed by atoms with E-state index in [1.165, 1.54) is 0 Å². The number of carbonyl (C=O) groups is 1. The number of amides is 1. The molecule has 0 saturated carbocycles. The van der Waals surface area contributed by atoms with Gasteiger partial charge in [0.25, 0.3) is 5.91 Å². The van der Waals surface area contributed by atoms with Crippen LogP contribution in [0.2, 0.25) is 5.02 Å². The Kier molecular flexibility index (Phi) is 6.96. The van der Waals surface area contributed by atoms with Gasteiger partial charge in [0.15, 0.2) is 6.61 Å². The summed E-state index contributed by atoms with van der Waals surface area (Å²) in [6.07, 6.45) is 0. The molecule has 2 aromatic carbocycles. The summed E-state index contributed by atoms with van der Waals surface area (Å²) in [6, 6.07) is 10.4. The average Bonchev–Trinajstić information content (AvgIpc) is 2.60. The molecule has 0 aromatic heterocycles. The van der Waals surface area contributed by atoms with Gasteiger partial charge in [-0.3, -0.25) is 4.79 Å². The highest BCUT2D eigenvalue weighted by molar-refractivity contribution is 9.10. The minimum atomic E-state index is -0.276. The van der Waals surface area contributed by atoms with E-state index in [0.717, 1.165) is 10.0 Å². The molecule has 1 amide bonds. The fourth-order valence-electron chi connectivity index (χ4n) is 2.27. The molecule has 2 rings (SSSR count). The summed E-state index contributed by atoms with van der Waals surface area (Å²) in [4.78, 5) is 12.2. The maximum atomic E-state index is 12.2. The third kappa shape index (κ3) is 5.28. The lowest BCUT2D eigenvalue weighted by molar-refractivity contribution is -0.123. The Labute approximate surface area is 160 Å². The van der Waals surface area contributed by atoms with Crippen LogP contribution in [0.4, 0.5) is 0 Å². The van der Waals surface area contributed by atoms with Gasteiger partial charge in [0.1, 0.15) is 17.2 Å². The standard InChI is InChI=1S/C18H19BrClNO4/c1-11(14-9-13(23-2)5-7-16(14)24-3)21-18(22)10-25-17-6-4-12(19)8-15(17)20/h4-9,11H,10H2,1-3H3,(H,21,22)/t11-/m1/s1. The number of benzene rings is 2. The van der Waals surface area contributed by atoms with Gasteiger partial charge in [-0.05, 0) is 43.3 Å². The third-order valence-corrected chi connectivity index (χ3v) is 4.32. The number of methoxy groups -OCH3 is 2. The van der Waals surface area contributed by atoms with Gasteiger partial charge in [-0.15, -0.1) is 0 Å². The Morgan fingerprint density at radius 1 is 1.16 bits per heavy atom. The number of nitrogens with one attached hydrogen (secondary N) is 1. The van der Waals surface area contributed by atoms with Gasteiger partial charge < -0.3 is 19.5 Å². The first-order valence-electron chi connectivity index (χ1n) is 7.53. The molecule has 25 heavy (non-hydrogen) atoms. The second-order valence-electron chi connectivity index (χ2n) is 5.26. The quantitative estimate of drug-likeness (QED) is 0.711. The molecule has 7 heteroatoms. The summed E-state index contributed by atoms with van der Waals surface area (Å²) in [5.74, 6) is 1.54. The van der Waals surface area contributed by atoms with E-state index >= 15 is 0 Å². The molecular weight excluding hydrogens is 410 g/mol. The number of halogens is 2. The van der Waals surface area contributed by atoms with Gasteiger partial charge in [0.2, 0.25) is 0 Å². The van der Waals surface area contributed by atoms with Crippen molar-refractivity contribution in [1.29, 1.82) is 0 Å². The lowest BCUT2D eigenvalue weighted by Crippen LogP contribution is -2.31. The molecule has 0 radical (unpaired) electrons. The molecule has 134 valence electrons. The molecule has 0 fully saturated rings. The summed E-state index contributed by atoms with van der Waals surface area (Å²) in [5, 5.41) is 3.31. The van der Waals surface area contributed by atoms with Gasteiger partial charge in [-0.1, -0.05) is 27.5 Å². The Morgan fingerprint density at radius 3 is 2.52 bits per heavy atom. The van der Waals surface area contributed by atoms with Crippen molar-refractivity contribution in [3.8, 4) is 17.2 Å². The van der Waals surface area contributed by atoms with Crippen molar-refractivity contribution in [2.45, 2.75) is 13.0 Å². The summed E-state index contributed by atoms with van der Waals surface area (Å²) >= 11 is 9.39. The molecule has 0 unspecified atom stereocenters. The highest BCUT2D eigenvalue weighted by Crippen LogP contribution is 2.30. The average molecular weight is 429 g/mol. The van der Waals surface area contributed by atoms with E-state index in [4.69, 9.17) is 25.8 Å². The zero-order valence-electron chi connectivity index (χ0n) is 14.1. The fourth-order valence-corrected chi connectivity index (χ4v) is 3.00. The summed E-state index contributed by atoms with van der Waals surface area (Å²) in [5.41, 5.74) is 0.817. The van der Waals surface area contributed by atoms with Gasteiger partial charge >= 0.3 is 0 Å². The van der Waals surface area contributed by atoms with E-state index < -0.39 is 0 Å². The van der Waals surface area contributed by atoms with E-state index in [2.05, 4.69) is 21.2 Å². The van der Waals surface area contributed by atoms with Gasteiger partial charge in [0, 0.05) is 10.0 Å². The van der Waals surface area contributed by atoms with Crippen LogP contribution >= 0.6 is 27.5 Å². The number of hydrogen-bond acceptors (Lipinski definition) is 4. The molecule has 2 aromatic rings. The molecule has 0 heterocycles. The lowest BCUT2D eigenvalue weighted by Gasteiger charge is -2.18. The van der Waals surface area contributed by atoms with Crippen molar-refractivity contribution in [3.63, 3.8) is 0 Å². The normalized spacial score (nSPS) is 11.6. The van der Waals surface area contributed by atoms with E-state index in [1.807, 2.05) is 13.0 Å². The maximum Gasteiger partial charge on any atom is 0.258 e. The number of ether oxygens (including phenoxy) is 3. The van der Waals surface area contributed by atoms with Crippen LogP contribution in [0.5, 0.6) is 17.2 Å². The predicted molar refractivity (Wildman–Crippen MR) is 101 cm³/mol. The molecule has 0 spiro atoms. The zero-order chi connectivity index (χ0) is 18.4. The van der Waals surface area contributed by atoms with Crippen molar-refractivity contribution in [3.05, 3.63) is 51.5 Å². The van der Waals surface area contributed by atoms with Crippen molar-refractivity contribution < 1.29 is 19.0 Å². The molecular formula is C18H19BrClNO4. The van der Waals surface area contributed by atoms with Crippen LogP contribution in [-0.4, -0.2) is 26.7 Å². The Hall–Kier alpha value is -1.92. The highest BCUT2D eigenvalue weighted by Gasteiger charge is 2.16. The third-order valence-electron chi connectivity index (χ3n) is 3.53. The SMILES string of the molecule is COc1ccc(OC)c([C@@H](C)NC(=O)COc2ccc(Br)cc2Cl)c1. The molecule has 0 saturated heterocycles. The van der Waals surface area contributed by atoms with Crippen LogP contribution in [0.1, 0.15) is 18.5 Å². The van der Waals surface area contributed by atoms with E-state index in [9.17, 15) is 4.79 Å². The minimum absolute atomic E-state index is 0.141. The summed E-state index contributed by atoms with van der Waals surface area (Å²) in [7, 11) is 3.17. The van der Waals surface area contributed by atoms with Crippen molar-refractivity contribution in [1.82, 2.24) is 5.32 Å². The topological polar surface area (TPSA) is 56.8 Å². The first kappa shape index (κ1) is 19.4. The van der Waals surface area contributed by atoms with Crippen LogP contribution in [0.15, 0.2) is 40.9 Å². The maximum absolute atomic E-state index is 12.2. The first-order valence-corrected chi connectivity index (χ1v) is 8.70. The molecule has 0 aliphatic carbocycles. The van der Waals surface area contributed by atoms with Crippen molar-refractivity contribution >= 4 is 33.4 Å². The molecule has 0 aliphatic heterocycles. The number of rotatable bonds is 7. The Balaban J connectivity index is 2.00. The van der Waals surface area contributed by atoms with Crippen LogP contribution in [0, 0.1) is 0 Å². The fraction of sp³-hybridized carbons (Fsp3) is 0.278. The molecule has 0 bridgehead atoms. The lowest BCUT2D eigenvalue weighted by atomic mass is 10.1. The van der Waals surface area contributed by atoms with Gasteiger partial charge in [0.05, 0.1) is 25.3 Å². The predicted octanol–water partition coefficient (Wildman–Crippen LogP) is 4.38. The molecule has 1 N–H and O–H groups in total. The number of carbonyl (C=O) groups excluding carboxylic acids is 1. The minimum Gasteiger partial charge on any atom is -0.497 e. The summed E-state index contributed by atoms with van der Waals surface area (Å²) < 4.78 is 16.9. The highest BCUT2D eigenvalue weighted by atomic mass is 79.9. The largest absolute Gasteiger partial charge is 0.497 e.